The average Bonchev–Trinajstić information content (AvgIpc) is 2.58. The molecular formula is C15H24BNO4S. The molecule has 0 radical (unpaired) electrons. The van der Waals surface area contributed by atoms with Crippen LogP contribution in [0.2, 0.25) is 0 Å². The summed E-state index contributed by atoms with van der Waals surface area (Å²) in [4.78, 5) is 0. The summed E-state index contributed by atoms with van der Waals surface area (Å²) in [5.41, 5.74) is 0.735. The van der Waals surface area contributed by atoms with Crippen molar-refractivity contribution < 1.29 is 17.7 Å². The molecular weight excluding hydrogens is 301 g/mol. The Morgan fingerprint density at radius 2 is 1.64 bits per heavy atom. The lowest BCUT2D eigenvalue weighted by molar-refractivity contribution is 0.00578. The van der Waals surface area contributed by atoms with Gasteiger partial charge in [0, 0.05) is 14.1 Å². The summed E-state index contributed by atoms with van der Waals surface area (Å²) in [6.45, 7) is 7.97. The van der Waals surface area contributed by atoms with Gasteiger partial charge in [-0.25, -0.2) is 12.7 Å². The summed E-state index contributed by atoms with van der Waals surface area (Å²) >= 11 is 0. The molecule has 1 fully saturated rings. The van der Waals surface area contributed by atoms with Crippen molar-refractivity contribution in [1.82, 2.24) is 4.31 Å². The Kier molecular flexibility index (Phi) is 4.47. The quantitative estimate of drug-likeness (QED) is 0.785. The van der Waals surface area contributed by atoms with Crippen LogP contribution in [0.15, 0.2) is 24.3 Å². The van der Waals surface area contributed by atoms with E-state index in [1.54, 1.807) is 6.07 Å². The first-order valence-corrected chi connectivity index (χ1v) is 8.90. The molecule has 1 aromatic rings. The molecule has 0 aliphatic carbocycles. The third-order valence-corrected chi connectivity index (χ3v) is 6.19. The second-order valence-electron chi connectivity index (χ2n) is 6.87. The van der Waals surface area contributed by atoms with Gasteiger partial charge in [0.25, 0.3) is 0 Å². The van der Waals surface area contributed by atoms with Crippen LogP contribution in [-0.4, -0.2) is 45.1 Å². The first-order chi connectivity index (χ1) is 9.95. The molecule has 0 unspecified atom stereocenters. The largest absolute Gasteiger partial charge is 0.494 e. The standard InChI is InChI=1S/C15H24BNO4S/c1-14(2)15(3,4)21-16(20-14)13-9-7-8-12(10-13)11-22(18,19)17(5)6/h7-10H,11H2,1-6H3. The maximum Gasteiger partial charge on any atom is 0.494 e. The van der Waals surface area contributed by atoms with E-state index in [0.717, 1.165) is 11.0 Å². The minimum Gasteiger partial charge on any atom is -0.399 e. The molecule has 22 heavy (non-hydrogen) atoms. The maximum atomic E-state index is 12.0. The monoisotopic (exact) mass is 325 g/mol. The highest BCUT2D eigenvalue weighted by Gasteiger charge is 2.51. The summed E-state index contributed by atoms with van der Waals surface area (Å²) in [7, 11) is -0.695. The van der Waals surface area contributed by atoms with E-state index in [9.17, 15) is 8.42 Å². The van der Waals surface area contributed by atoms with Gasteiger partial charge in [-0.3, -0.25) is 0 Å². The van der Waals surface area contributed by atoms with Crippen molar-refractivity contribution in [2.24, 2.45) is 0 Å². The second kappa shape index (κ2) is 5.63. The molecule has 1 heterocycles. The molecule has 0 bridgehead atoms. The Morgan fingerprint density at radius 1 is 1.09 bits per heavy atom. The molecule has 7 heteroatoms. The van der Waals surface area contributed by atoms with Gasteiger partial charge in [0.2, 0.25) is 10.0 Å². The molecule has 1 aliphatic rings. The van der Waals surface area contributed by atoms with Gasteiger partial charge in [-0.15, -0.1) is 0 Å². The van der Waals surface area contributed by atoms with E-state index in [2.05, 4.69) is 0 Å². The summed E-state index contributed by atoms with van der Waals surface area (Å²) in [5.74, 6) is -0.0344. The van der Waals surface area contributed by atoms with E-state index < -0.39 is 28.3 Å². The Hall–Kier alpha value is -0.885. The fraction of sp³-hybridized carbons (Fsp3) is 0.600. The lowest BCUT2D eigenvalue weighted by Gasteiger charge is -2.32. The van der Waals surface area contributed by atoms with E-state index in [4.69, 9.17) is 9.31 Å². The Morgan fingerprint density at radius 3 is 2.14 bits per heavy atom. The summed E-state index contributed by atoms with van der Waals surface area (Å²) in [6.07, 6.45) is 0. The fourth-order valence-corrected chi connectivity index (χ4v) is 3.01. The normalized spacial score (nSPS) is 20.6. The average molecular weight is 325 g/mol. The van der Waals surface area contributed by atoms with Crippen LogP contribution < -0.4 is 5.46 Å². The molecule has 1 saturated heterocycles. The van der Waals surface area contributed by atoms with E-state index >= 15 is 0 Å². The van der Waals surface area contributed by atoms with Crippen LogP contribution in [0.25, 0.3) is 0 Å². The van der Waals surface area contributed by atoms with Crippen LogP contribution in [0.1, 0.15) is 33.3 Å². The number of rotatable bonds is 4. The van der Waals surface area contributed by atoms with Crippen LogP contribution in [-0.2, 0) is 25.1 Å². The molecule has 0 saturated carbocycles. The molecule has 0 aromatic heterocycles. The highest BCUT2D eigenvalue weighted by atomic mass is 32.2. The van der Waals surface area contributed by atoms with Gasteiger partial charge in [0.05, 0.1) is 17.0 Å². The number of nitrogens with zero attached hydrogens (tertiary/aromatic N) is 1. The zero-order chi connectivity index (χ0) is 16.8. The van der Waals surface area contributed by atoms with Gasteiger partial charge in [-0.05, 0) is 38.7 Å². The Bertz CT molecular complexity index is 639. The lowest BCUT2D eigenvalue weighted by Crippen LogP contribution is -2.41. The predicted molar refractivity (Wildman–Crippen MR) is 88.5 cm³/mol. The minimum atomic E-state index is -3.29. The maximum absolute atomic E-state index is 12.0. The lowest BCUT2D eigenvalue weighted by atomic mass is 9.78. The van der Waals surface area contributed by atoms with Gasteiger partial charge in [-0.2, -0.15) is 0 Å². The fourth-order valence-electron chi connectivity index (χ4n) is 2.15. The summed E-state index contributed by atoms with van der Waals surface area (Å²) < 4.78 is 37.2. The molecule has 2 rings (SSSR count). The van der Waals surface area contributed by atoms with E-state index in [-0.39, 0.29) is 5.75 Å². The Labute approximate surface area is 133 Å². The zero-order valence-corrected chi connectivity index (χ0v) is 14.9. The molecule has 1 aromatic carbocycles. The molecule has 0 amide bonds. The molecule has 0 N–H and O–H groups in total. The van der Waals surface area contributed by atoms with Crippen molar-refractivity contribution in [3.8, 4) is 0 Å². The first-order valence-electron chi connectivity index (χ1n) is 7.29. The van der Waals surface area contributed by atoms with Crippen molar-refractivity contribution in [2.75, 3.05) is 14.1 Å². The SMILES string of the molecule is CN(C)S(=O)(=O)Cc1cccc(B2OC(C)(C)C(C)(C)O2)c1. The number of hydrogen-bond acceptors (Lipinski definition) is 4. The van der Waals surface area contributed by atoms with Crippen LogP contribution in [0.3, 0.4) is 0 Å². The zero-order valence-electron chi connectivity index (χ0n) is 14.1. The Balaban J connectivity index is 2.24. The number of hydrogen-bond donors (Lipinski definition) is 0. The van der Waals surface area contributed by atoms with Gasteiger partial charge in [0.1, 0.15) is 0 Å². The van der Waals surface area contributed by atoms with Crippen LogP contribution in [0.4, 0.5) is 0 Å². The highest BCUT2D eigenvalue weighted by Crippen LogP contribution is 2.36. The van der Waals surface area contributed by atoms with Crippen molar-refractivity contribution >= 4 is 22.6 Å². The number of sulfonamides is 1. The van der Waals surface area contributed by atoms with Crippen molar-refractivity contribution in [3.63, 3.8) is 0 Å². The molecule has 0 atom stereocenters. The molecule has 1 aliphatic heterocycles. The summed E-state index contributed by atoms with van der Waals surface area (Å²) in [6, 6.07) is 7.37. The minimum absolute atomic E-state index is 0.0344. The summed E-state index contributed by atoms with van der Waals surface area (Å²) in [5, 5.41) is 0. The van der Waals surface area contributed by atoms with Crippen LogP contribution >= 0.6 is 0 Å². The van der Waals surface area contributed by atoms with Gasteiger partial charge in [-0.1, -0.05) is 24.3 Å². The van der Waals surface area contributed by atoms with Crippen molar-refractivity contribution in [1.29, 1.82) is 0 Å². The van der Waals surface area contributed by atoms with E-state index in [1.165, 1.54) is 18.4 Å². The predicted octanol–water partition coefficient (Wildman–Crippen LogP) is 1.38. The van der Waals surface area contributed by atoms with E-state index in [1.807, 2.05) is 45.9 Å². The first kappa shape index (κ1) is 17.5. The molecule has 0 spiro atoms. The smallest absolute Gasteiger partial charge is 0.399 e. The number of benzene rings is 1. The van der Waals surface area contributed by atoms with Gasteiger partial charge >= 0.3 is 7.12 Å². The third-order valence-electron chi connectivity index (χ3n) is 4.38. The van der Waals surface area contributed by atoms with Crippen LogP contribution in [0, 0.1) is 0 Å². The van der Waals surface area contributed by atoms with Crippen LogP contribution in [0.5, 0.6) is 0 Å². The third kappa shape index (κ3) is 3.37. The van der Waals surface area contributed by atoms with Gasteiger partial charge < -0.3 is 9.31 Å². The molecule has 5 nitrogen and oxygen atoms in total. The topological polar surface area (TPSA) is 55.8 Å². The second-order valence-corrected chi connectivity index (χ2v) is 9.05. The van der Waals surface area contributed by atoms with Crippen molar-refractivity contribution in [3.05, 3.63) is 29.8 Å². The van der Waals surface area contributed by atoms with Gasteiger partial charge in [0.15, 0.2) is 0 Å². The van der Waals surface area contributed by atoms with E-state index in [0.29, 0.717) is 0 Å². The van der Waals surface area contributed by atoms with Crippen molar-refractivity contribution in [2.45, 2.75) is 44.6 Å². The highest BCUT2D eigenvalue weighted by molar-refractivity contribution is 7.88. The molecule has 122 valence electrons.